The maximum absolute atomic E-state index is 12.6. The molecule has 2 aromatic rings. The molecular weight excluding hydrogens is 583 g/mol. The van der Waals surface area contributed by atoms with E-state index in [1.165, 1.54) is 52.7 Å². The minimum absolute atomic E-state index is 0.106. The Morgan fingerprint density at radius 3 is 1.77 bits per heavy atom. The van der Waals surface area contributed by atoms with Crippen molar-refractivity contribution in [2.75, 3.05) is 5.32 Å². The molecule has 0 saturated heterocycles. The van der Waals surface area contributed by atoms with Gasteiger partial charge in [-0.25, -0.2) is 0 Å². The van der Waals surface area contributed by atoms with Crippen LogP contribution in [0.4, 0.5) is 5.69 Å². The van der Waals surface area contributed by atoms with Crippen molar-refractivity contribution in [3.8, 4) is 0 Å². The van der Waals surface area contributed by atoms with Crippen LogP contribution >= 0.6 is 0 Å². The third kappa shape index (κ3) is 13.2. The monoisotopic (exact) mass is 637 g/mol. The predicted octanol–water partition coefficient (Wildman–Crippen LogP) is 13.1. The normalized spacial score (nSPS) is 16.8. The molecule has 0 saturated carbocycles. The van der Waals surface area contributed by atoms with E-state index in [4.69, 9.17) is 0 Å². The molecule has 0 aliphatic heterocycles. The van der Waals surface area contributed by atoms with Crippen LogP contribution in [0.5, 0.6) is 0 Å². The molecule has 0 radical (unpaired) electrons. The third-order valence-electron chi connectivity index (χ3n) is 8.65. The van der Waals surface area contributed by atoms with Crippen molar-refractivity contribution in [1.29, 1.82) is 0 Å². The smallest absolute Gasteiger partial charge is 0.255 e. The van der Waals surface area contributed by atoms with E-state index in [1.54, 1.807) is 0 Å². The van der Waals surface area contributed by atoms with Crippen molar-refractivity contribution in [2.24, 2.45) is 5.41 Å². The standard InChI is InChI=1S/C46H55NO/c1-9-40-27-31-43(32-28-40)47-45(48)42-29-25-41(26-30-42)24-22-37(4)19-12-17-35(2)15-10-11-16-36(3)18-13-20-38(5)23-33-44-39(6)21-14-34-46(44,7)8/h10-13,15-20,22-33H,9,14,21,34H2,1-8H3,(H,47,48)/b11-10+,17-12+,18-13+,24-22+,33-23+,35-15+,36-16+,37-19+,38-20+. The fraction of sp³-hybridized carbons (Fsp3) is 0.283. The molecule has 0 atom stereocenters. The molecule has 2 aromatic carbocycles. The van der Waals surface area contributed by atoms with Crippen molar-refractivity contribution in [1.82, 2.24) is 0 Å². The first kappa shape index (κ1) is 37.8. The van der Waals surface area contributed by atoms with Crippen molar-refractivity contribution in [3.05, 3.63) is 178 Å². The lowest BCUT2D eigenvalue weighted by atomic mass is 9.72. The summed E-state index contributed by atoms with van der Waals surface area (Å²) in [5.74, 6) is -0.106. The van der Waals surface area contributed by atoms with Gasteiger partial charge < -0.3 is 5.32 Å². The molecule has 0 aromatic heterocycles. The number of hydrogen-bond donors (Lipinski definition) is 1. The van der Waals surface area contributed by atoms with Crippen LogP contribution in [0, 0.1) is 5.41 Å². The van der Waals surface area contributed by atoms with E-state index in [0.29, 0.717) is 5.56 Å². The highest BCUT2D eigenvalue weighted by molar-refractivity contribution is 6.04. The molecule has 0 spiro atoms. The van der Waals surface area contributed by atoms with Gasteiger partial charge in [0, 0.05) is 11.3 Å². The lowest BCUT2D eigenvalue weighted by Gasteiger charge is -2.32. The van der Waals surface area contributed by atoms with E-state index >= 15 is 0 Å². The van der Waals surface area contributed by atoms with Gasteiger partial charge in [-0.05, 0) is 107 Å². The van der Waals surface area contributed by atoms with Crippen LogP contribution in [0.3, 0.4) is 0 Å². The molecule has 2 nitrogen and oxygen atoms in total. The molecule has 2 heteroatoms. The Labute approximate surface area is 291 Å². The molecule has 1 N–H and O–H groups in total. The summed E-state index contributed by atoms with van der Waals surface area (Å²) in [6.45, 7) is 17.6. The van der Waals surface area contributed by atoms with Gasteiger partial charge in [-0.1, -0.05) is 158 Å². The summed E-state index contributed by atoms with van der Waals surface area (Å²) in [4.78, 5) is 12.6. The van der Waals surface area contributed by atoms with Gasteiger partial charge in [0.15, 0.2) is 0 Å². The first-order chi connectivity index (χ1) is 23.0. The quantitative estimate of drug-likeness (QED) is 0.218. The Kier molecular flexibility index (Phi) is 15.1. The summed E-state index contributed by atoms with van der Waals surface area (Å²) < 4.78 is 0. The van der Waals surface area contributed by atoms with Crippen LogP contribution in [-0.2, 0) is 6.42 Å². The Bertz CT molecular complexity index is 1690. The van der Waals surface area contributed by atoms with E-state index in [-0.39, 0.29) is 11.3 Å². The predicted molar refractivity (Wildman–Crippen MR) is 211 cm³/mol. The molecule has 1 amide bonds. The fourth-order valence-corrected chi connectivity index (χ4v) is 5.57. The van der Waals surface area contributed by atoms with Gasteiger partial charge in [0.1, 0.15) is 0 Å². The SMILES string of the molecule is CCc1ccc(NC(=O)c2ccc(/C=C/C(C)=C/C=C/C(C)=C/C=C/C=C(C)/C=C/C=C(C)/C=C/C3=C(C)CCCC3(C)C)cc2)cc1. The minimum atomic E-state index is -0.106. The number of anilines is 1. The molecule has 0 heterocycles. The maximum atomic E-state index is 12.6. The lowest BCUT2D eigenvalue weighted by Crippen LogP contribution is -2.19. The number of hydrogen-bond acceptors (Lipinski definition) is 1. The number of allylic oxidation sites excluding steroid dienone is 19. The summed E-state index contributed by atoms with van der Waals surface area (Å²) in [5, 5.41) is 2.96. The molecule has 3 rings (SSSR count). The average Bonchev–Trinajstić information content (AvgIpc) is 3.06. The number of carbonyl (C=O) groups excluding carboxylic acids is 1. The maximum Gasteiger partial charge on any atom is 0.255 e. The van der Waals surface area contributed by atoms with Crippen LogP contribution < -0.4 is 5.32 Å². The molecule has 250 valence electrons. The molecule has 0 bridgehead atoms. The van der Waals surface area contributed by atoms with E-state index in [2.05, 4.69) is 146 Å². The molecule has 0 unspecified atom stereocenters. The average molecular weight is 638 g/mol. The second kappa shape index (κ2) is 19.2. The summed E-state index contributed by atoms with van der Waals surface area (Å²) in [7, 11) is 0. The van der Waals surface area contributed by atoms with Crippen LogP contribution in [0.25, 0.3) is 6.08 Å². The zero-order valence-electron chi connectivity index (χ0n) is 30.4. The van der Waals surface area contributed by atoms with Gasteiger partial charge in [0.2, 0.25) is 0 Å². The van der Waals surface area contributed by atoms with Gasteiger partial charge >= 0.3 is 0 Å². The zero-order valence-corrected chi connectivity index (χ0v) is 30.4. The Morgan fingerprint density at radius 2 is 1.23 bits per heavy atom. The first-order valence-corrected chi connectivity index (χ1v) is 17.3. The summed E-state index contributed by atoms with van der Waals surface area (Å²) in [6.07, 6.45) is 34.6. The second-order valence-electron chi connectivity index (χ2n) is 13.5. The van der Waals surface area contributed by atoms with Crippen LogP contribution in [0.2, 0.25) is 0 Å². The van der Waals surface area contributed by atoms with Gasteiger partial charge in [-0.2, -0.15) is 0 Å². The Morgan fingerprint density at radius 1 is 0.708 bits per heavy atom. The summed E-state index contributed by atoms with van der Waals surface area (Å²) in [6, 6.07) is 15.6. The molecule has 1 aliphatic rings. The number of nitrogens with one attached hydrogen (secondary N) is 1. The van der Waals surface area contributed by atoms with E-state index < -0.39 is 0 Å². The van der Waals surface area contributed by atoms with Gasteiger partial charge in [-0.3, -0.25) is 4.79 Å². The van der Waals surface area contributed by atoms with Gasteiger partial charge in [0.25, 0.3) is 5.91 Å². The minimum Gasteiger partial charge on any atom is -0.322 e. The number of benzene rings is 2. The summed E-state index contributed by atoms with van der Waals surface area (Å²) >= 11 is 0. The highest BCUT2D eigenvalue weighted by Crippen LogP contribution is 2.40. The topological polar surface area (TPSA) is 29.1 Å². The van der Waals surface area contributed by atoms with E-state index in [9.17, 15) is 4.79 Å². The van der Waals surface area contributed by atoms with Crippen molar-refractivity contribution in [3.63, 3.8) is 0 Å². The highest BCUT2D eigenvalue weighted by atomic mass is 16.1. The van der Waals surface area contributed by atoms with E-state index in [0.717, 1.165) is 23.2 Å². The van der Waals surface area contributed by atoms with Crippen LogP contribution in [0.1, 0.15) is 96.1 Å². The van der Waals surface area contributed by atoms with Crippen molar-refractivity contribution in [2.45, 2.75) is 81.1 Å². The van der Waals surface area contributed by atoms with Crippen molar-refractivity contribution < 1.29 is 4.79 Å². The number of carbonyl (C=O) groups is 1. The highest BCUT2D eigenvalue weighted by Gasteiger charge is 2.26. The van der Waals surface area contributed by atoms with Gasteiger partial charge in [0.05, 0.1) is 0 Å². The van der Waals surface area contributed by atoms with Crippen LogP contribution in [0.15, 0.2) is 161 Å². The second-order valence-corrected chi connectivity index (χ2v) is 13.5. The zero-order chi connectivity index (χ0) is 34.9. The lowest BCUT2D eigenvalue weighted by molar-refractivity contribution is 0.102. The Hall–Kier alpha value is -4.69. The van der Waals surface area contributed by atoms with Crippen molar-refractivity contribution >= 4 is 17.7 Å². The Balaban J connectivity index is 1.45. The summed E-state index contributed by atoms with van der Waals surface area (Å²) in [5.41, 5.74) is 11.8. The number of amides is 1. The molecule has 0 fully saturated rings. The number of rotatable bonds is 13. The molecular formula is C46H55NO. The van der Waals surface area contributed by atoms with Gasteiger partial charge in [-0.15, -0.1) is 0 Å². The number of aryl methyl sites for hydroxylation is 1. The molecule has 48 heavy (non-hydrogen) atoms. The van der Waals surface area contributed by atoms with Crippen LogP contribution in [-0.4, -0.2) is 5.91 Å². The first-order valence-electron chi connectivity index (χ1n) is 17.3. The van der Waals surface area contributed by atoms with E-state index in [1.807, 2.05) is 48.5 Å². The molecule has 1 aliphatic carbocycles. The fourth-order valence-electron chi connectivity index (χ4n) is 5.57. The third-order valence-corrected chi connectivity index (χ3v) is 8.65. The largest absolute Gasteiger partial charge is 0.322 e.